The molecule has 0 aliphatic heterocycles. The molecule has 0 saturated heterocycles. The zero-order valence-corrected chi connectivity index (χ0v) is 25.3. The van der Waals surface area contributed by atoms with Gasteiger partial charge in [-0.2, -0.15) is 0 Å². The van der Waals surface area contributed by atoms with Crippen LogP contribution >= 0.6 is 0 Å². The van der Waals surface area contributed by atoms with Crippen LogP contribution in [0.25, 0.3) is 0 Å². The molecule has 44 heavy (non-hydrogen) atoms. The maximum atomic E-state index is 12.3. The number of hydrogen-bond acceptors (Lipinski definition) is 10. The third-order valence-corrected chi connectivity index (χ3v) is 5.56. The van der Waals surface area contributed by atoms with Gasteiger partial charge in [0.15, 0.2) is 0 Å². The number of carbonyl (C=O) groups is 10. The first-order valence-electron chi connectivity index (χ1n) is 12.9. The van der Waals surface area contributed by atoms with Gasteiger partial charge in [-0.05, 0) is 0 Å². The molecule has 0 aromatic rings. The van der Waals surface area contributed by atoms with Gasteiger partial charge in [0.05, 0.1) is 58.9 Å². The summed E-state index contributed by atoms with van der Waals surface area (Å²) >= 11 is 0. The molecule has 20 heteroatoms. The van der Waals surface area contributed by atoms with E-state index in [-0.39, 0.29) is 13.1 Å². The molecule has 0 heterocycles. The summed E-state index contributed by atoms with van der Waals surface area (Å²) in [7, 11) is 6.60. The van der Waals surface area contributed by atoms with E-state index in [0.717, 1.165) is 24.5 Å². The van der Waals surface area contributed by atoms with Crippen LogP contribution in [0.2, 0.25) is 0 Å². The van der Waals surface area contributed by atoms with Gasteiger partial charge >= 0.3 is 0 Å². The molecule has 0 atom stereocenters. The molecule has 0 spiro atoms. The van der Waals surface area contributed by atoms with Crippen molar-refractivity contribution in [3.8, 4) is 0 Å². The van der Waals surface area contributed by atoms with Crippen molar-refractivity contribution < 1.29 is 47.9 Å². The molecule has 0 bridgehead atoms. The van der Waals surface area contributed by atoms with Gasteiger partial charge in [0.2, 0.25) is 59.6 Å². The first-order valence-corrected chi connectivity index (χ1v) is 12.9. The highest BCUT2D eigenvalue weighted by atomic mass is 16.2. The summed E-state index contributed by atoms with van der Waals surface area (Å²) in [6, 6.07) is 0. The first-order chi connectivity index (χ1) is 20.5. The standard InChI is InChI=1S/C24H40N10O10/c1-30(15-35)11-17(37)26-7-22(42)32(3)13-19(39)28-9-24(44)34(5)14-20(40)29-8-23(43)33(4)12-18(38)27-6-21(41)31(2)10-16(25)36/h15H,6-14H2,1-5H3,(H2,25,36)(H,26,37)(H,27,38)(H,28,39)(H,29,40). The smallest absolute Gasteiger partial charge is 0.242 e. The van der Waals surface area contributed by atoms with E-state index >= 15 is 0 Å². The fourth-order valence-corrected chi connectivity index (χ4v) is 2.96. The lowest BCUT2D eigenvalue weighted by molar-refractivity contribution is -0.138. The van der Waals surface area contributed by atoms with Crippen molar-refractivity contribution in [2.75, 3.05) is 94.1 Å². The number of carbonyl (C=O) groups excluding carboxylic acids is 10. The summed E-state index contributed by atoms with van der Waals surface area (Å²) in [4.78, 5) is 123. The molecule has 0 fully saturated rings. The Morgan fingerprint density at radius 2 is 0.727 bits per heavy atom. The average Bonchev–Trinajstić information content (AvgIpc) is 2.95. The van der Waals surface area contributed by atoms with Crippen molar-refractivity contribution in [3.05, 3.63) is 0 Å². The van der Waals surface area contributed by atoms with E-state index in [1.807, 2.05) is 0 Å². The predicted molar refractivity (Wildman–Crippen MR) is 150 cm³/mol. The Kier molecular flexibility index (Phi) is 17.4. The number of nitrogens with zero attached hydrogens (tertiary/aromatic N) is 5. The molecule has 0 aromatic carbocycles. The van der Waals surface area contributed by atoms with Gasteiger partial charge in [0.1, 0.15) is 0 Å². The van der Waals surface area contributed by atoms with Crippen LogP contribution in [0.1, 0.15) is 0 Å². The minimum atomic E-state index is -0.723. The van der Waals surface area contributed by atoms with Crippen molar-refractivity contribution in [3.63, 3.8) is 0 Å². The van der Waals surface area contributed by atoms with Crippen LogP contribution in [0.15, 0.2) is 0 Å². The minimum Gasteiger partial charge on any atom is -0.368 e. The number of hydrogen-bond donors (Lipinski definition) is 5. The molecule has 0 saturated carbocycles. The Hall–Kier alpha value is -5.30. The van der Waals surface area contributed by atoms with E-state index in [1.54, 1.807) is 0 Å². The molecule has 246 valence electrons. The third-order valence-electron chi connectivity index (χ3n) is 5.56. The monoisotopic (exact) mass is 628 g/mol. The molecular formula is C24H40N10O10. The van der Waals surface area contributed by atoms with Crippen LogP contribution in [-0.2, 0) is 47.9 Å². The zero-order valence-electron chi connectivity index (χ0n) is 25.3. The van der Waals surface area contributed by atoms with Crippen molar-refractivity contribution >= 4 is 59.6 Å². The molecule has 20 nitrogen and oxygen atoms in total. The minimum absolute atomic E-state index is 0.244. The van der Waals surface area contributed by atoms with E-state index in [4.69, 9.17) is 5.73 Å². The molecule has 0 aromatic heterocycles. The highest BCUT2D eigenvalue weighted by Gasteiger charge is 2.19. The molecule has 10 amide bonds. The van der Waals surface area contributed by atoms with Crippen LogP contribution in [0.3, 0.4) is 0 Å². The van der Waals surface area contributed by atoms with Crippen molar-refractivity contribution in [2.24, 2.45) is 5.73 Å². The number of nitrogens with one attached hydrogen (secondary N) is 4. The second kappa shape index (κ2) is 19.8. The Labute approximate surface area is 253 Å². The molecule has 0 aliphatic carbocycles. The number of nitrogens with two attached hydrogens (primary N) is 1. The summed E-state index contributed by atoms with van der Waals surface area (Å²) in [5.74, 6) is -5.79. The van der Waals surface area contributed by atoms with E-state index in [1.165, 1.54) is 35.2 Å². The summed E-state index contributed by atoms with van der Waals surface area (Å²) in [6.45, 7) is -3.67. The topological polar surface area (TPSA) is 261 Å². The number of amides is 10. The van der Waals surface area contributed by atoms with Crippen LogP contribution in [0, 0.1) is 0 Å². The fourth-order valence-electron chi connectivity index (χ4n) is 2.96. The highest BCUT2D eigenvalue weighted by Crippen LogP contribution is 1.90. The second-order valence-corrected chi connectivity index (χ2v) is 9.59. The molecule has 6 N–H and O–H groups in total. The molecule has 0 aliphatic rings. The van der Waals surface area contributed by atoms with Crippen molar-refractivity contribution in [1.82, 2.24) is 45.8 Å². The SMILES string of the molecule is CN(C=O)CC(=O)NCC(=O)N(C)CC(=O)NCC(=O)N(C)CC(=O)NCC(=O)N(C)CC(=O)NCC(=O)N(C)CC(N)=O. The molecule has 0 unspecified atom stereocenters. The average molecular weight is 629 g/mol. The van der Waals surface area contributed by atoms with E-state index in [0.29, 0.717) is 6.41 Å². The third kappa shape index (κ3) is 16.8. The van der Waals surface area contributed by atoms with Gasteiger partial charge in [-0.15, -0.1) is 0 Å². The van der Waals surface area contributed by atoms with Gasteiger partial charge < -0.3 is 51.5 Å². The van der Waals surface area contributed by atoms with Gasteiger partial charge in [-0.25, -0.2) is 0 Å². The Morgan fingerprint density at radius 3 is 0.977 bits per heavy atom. The molecule has 0 rings (SSSR count). The maximum absolute atomic E-state index is 12.3. The summed E-state index contributed by atoms with van der Waals surface area (Å²) in [5, 5.41) is 9.21. The molecule has 0 radical (unpaired) electrons. The number of primary amides is 1. The largest absolute Gasteiger partial charge is 0.368 e. The lowest BCUT2D eigenvalue weighted by Crippen LogP contribution is -2.48. The van der Waals surface area contributed by atoms with Crippen molar-refractivity contribution in [2.45, 2.75) is 0 Å². The summed E-state index contributed by atoms with van der Waals surface area (Å²) in [6.07, 6.45) is 0.446. The lowest BCUT2D eigenvalue weighted by atomic mass is 10.4. The summed E-state index contributed by atoms with van der Waals surface area (Å²) < 4.78 is 0. The van der Waals surface area contributed by atoms with E-state index in [2.05, 4.69) is 21.3 Å². The van der Waals surface area contributed by atoms with Crippen LogP contribution in [-0.4, -0.2) is 178 Å². The molecular weight excluding hydrogens is 588 g/mol. The first kappa shape index (κ1) is 38.7. The lowest BCUT2D eigenvalue weighted by Gasteiger charge is -2.20. The second-order valence-electron chi connectivity index (χ2n) is 9.59. The zero-order chi connectivity index (χ0) is 34.0. The van der Waals surface area contributed by atoms with Crippen LogP contribution in [0.4, 0.5) is 0 Å². The van der Waals surface area contributed by atoms with Crippen molar-refractivity contribution in [1.29, 1.82) is 0 Å². The van der Waals surface area contributed by atoms with Crippen LogP contribution in [0.5, 0.6) is 0 Å². The van der Waals surface area contributed by atoms with E-state index in [9.17, 15) is 47.9 Å². The van der Waals surface area contributed by atoms with Gasteiger partial charge in [-0.1, -0.05) is 0 Å². The Morgan fingerprint density at radius 1 is 0.477 bits per heavy atom. The van der Waals surface area contributed by atoms with Gasteiger partial charge in [0, 0.05) is 35.2 Å². The maximum Gasteiger partial charge on any atom is 0.242 e. The Bertz CT molecular complexity index is 1120. The quantitative estimate of drug-likeness (QED) is 0.0844. The summed E-state index contributed by atoms with van der Waals surface area (Å²) in [5.41, 5.74) is 4.99. The highest BCUT2D eigenvalue weighted by molar-refractivity contribution is 5.93. The predicted octanol–water partition coefficient (Wildman–Crippen LogP) is -7.14. The number of likely N-dealkylation sites (N-methyl/N-ethyl adjacent to an activating group) is 5. The Balaban J connectivity index is 4.39. The van der Waals surface area contributed by atoms with Gasteiger partial charge in [-0.3, -0.25) is 47.9 Å². The normalized spacial score (nSPS) is 9.93. The van der Waals surface area contributed by atoms with Crippen LogP contribution < -0.4 is 27.0 Å². The fraction of sp³-hybridized carbons (Fsp3) is 0.583. The number of rotatable bonds is 19. The van der Waals surface area contributed by atoms with E-state index < -0.39 is 99.0 Å². The van der Waals surface area contributed by atoms with Gasteiger partial charge in [0.25, 0.3) is 0 Å².